The van der Waals surface area contributed by atoms with Crippen molar-refractivity contribution in [3.63, 3.8) is 0 Å². The Morgan fingerprint density at radius 3 is 2.64 bits per heavy atom. The topological polar surface area (TPSA) is 135 Å². The van der Waals surface area contributed by atoms with Crippen molar-refractivity contribution in [1.29, 1.82) is 0 Å². The molecule has 13 heteroatoms. The molecule has 2 fully saturated rings. The van der Waals surface area contributed by atoms with Gasteiger partial charge in [0.2, 0.25) is 17.7 Å². The molecule has 1 aliphatic carbocycles. The number of aromatic amines is 1. The molecule has 6 rings (SSSR count). The predicted octanol–water partition coefficient (Wildman–Crippen LogP) is 4.00. The number of aromatic nitrogens is 6. The standard InChI is InChI=1S/C29H35ClN8O4/c1-17-4-6-19(7-5-17)15-38-26-22(33-28(38)37-9-8-36(14-18(37)2)24(39)16-41-3)11-23(27-34-29(40)42-35-27)32-25(26)20-10-21(30)13-31-12-20/h10-13,17-19H,4-9,14-16H2,1-3H3,(H,34,35,40). The van der Waals surface area contributed by atoms with Gasteiger partial charge in [-0.25, -0.2) is 14.8 Å². The minimum atomic E-state index is -0.662. The third-order valence-corrected chi connectivity index (χ3v) is 8.65. The zero-order valence-corrected chi connectivity index (χ0v) is 24.8. The number of halogens is 1. The molecule has 0 aromatic carbocycles. The number of anilines is 1. The summed E-state index contributed by atoms with van der Waals surface area (Å²) in [6.45, 7) is 7.07. The fraction of sp³-hybridized carbons (Fsp3) is 0.517. The van der Waals surface area contributed by atoms with Crippen LogP contribution in [0.3, 0.4) is 0 Å². The van der Waals surface area contributed by atoms with Gasteiger partial charge in [-0.2, -0.15) is 0 Å². The summed E-state index contributed by atoms with van der Waals surface area (Å²) in [7, 11) is 1.54. The Kier molecular flexibility index (Phi) is 8.00. The molecule has 2 aliphatic rings. The average Bonchev–Trinajstić information content (AvgIpc) is 3.57. The van der Waals surface area contributed by atoms with E-state index in [2.05, 4.69) is 38.4 Å². The number of carbonyl (C=O) groups excluding carboxylic acids is 1. The highest BCUT2D eigenvalue weighted by molar-refractivity contribution is 6.30. The molecule has 0 radical (unpaired) electrons. The van der Waals surface area contributed by atoms with Gasteiger partial charge in [0, 0.05) is 57.3 Å². The Hall–Kier alpha value is -3.77. The van der Waals surface area contributed by atoms with Crippen molar-refractivity contribution in [1.82, 2.24) is 34.6 Å². The second kappa shape index (κ2) is 11.8. The van der Waals surface area contributed by atoms with E-state index < -0.39 is 5.76 Å². The molecule has 12 nitrogen and oxygen atoms in total. The van der Waals surface area contributed by atoms with E-state index in [9.17, 15) is 9.59 Å². The van der Waals surface area contributed by atoms with Gasteiger partial charge in [-0.3, -0.25) is 19.3 Å². The van der Waals surface area contributed by atoms with Gasteiger partial charge in [-0.15, -0.1) is 0 Å². The van der Waals surface area contributed by atoms with Crippen LogP contribution in [0.5, 0.6) is 0 Å². The second-order valence-electron chi connectivity index (χ2n) is 11.5. The lowest BCUT2D eigenvalue weighted by molar-refractivity contribution is -0.135. The fourth-order valence-corrected chi connectivity index (χ4v) is 6.38. The van der Waals surface area contributed by atoms with Crippen LogP contribution in [-0.2, 0) is 16.1 Å². The summed E-state index contributed by atoms with van der Waals surface area (Å²) in [5.74, 6) is 1.60. The number of H-pyrrole nitrogens is 1. The van der Waals surface area contributed by atoms with Crippen molar-refractivity contribution in [3.8, 4) is 22.8 Å². The van der Waals surface area contributed by atoms with Crippen molar-refractivity contribution < 1.29 is 14.1 Å². The lowest BCUT2D eigenvalue weighted by atomic mass is 9.83. The minimum absolute atomic E-state index is 0.0139. The summed E-state index contributed by atoms with van der Waals surface area (Å²) in [6, 6.07) is 3.68. The van der Waals surface area contributed by atoms with Gasteiger partial charge >= 0.3 is 5.76 Å². The molecule has 1 N–H and O–H groups in total. The number of fused-ring (bicyclic) bond motifs is 1. The molecule has 42 heavy (non-hydrogen) atoms. The number of carbonyl (C=O) groups is 1. The van der Waals surface area contributed by atoms with Gasteiger partial charge in [-0.1, -0.05) is 36.5 Å². The number of imidazole rings is 1. The summed E-state index contributed by atoms with van der Waals surface area (Å²) < 4.78 is 12.2. The van der Waals surface area contributed by atoms with Gasteiger partial charge in [0.1, 0.15) is 12.3 Å². The highest BCUT2D eigenvalue weighted by Crippen LogP contribution is 2.37. The van der Waals surface area contributed by atoms with Crippen molar-refractivity contribution in [2.45, 2.75) is 52.1 Å². The van der Waals surface area contributed by atoms with Gasteiger partial charge < -0.3 is 19.1 Å². The third-order valence-electron chi connectivity index (χ3n) is 8.45. The fourth-order valence-electron chi connectivity index (χ4n) is 6.21. The largest absolute Gasteiger partial charge is 0.439 e. The second-order valence-corrected chi connectivity index (χ2v) is 12.0. The average molecular weight is 595 g/mol. The first-order valence-corrected chi connectivity index (χ1v) is 14.8. The quantitative estimate of drug-likeness (QED) is 0.337. The van der Waals surface area contributed by atoms with E-state index in [1.54, 1.807) is 12.4 Å². The molecule has 0 spiro atoms. The number of methoxy groups -OCH3 is 1. The van der Waals surface area contributed by atoms with Crippen molar-refractivity contribution in [2.24, 2.45) is 11.8 Å². The lowest BCUT2D eigenvalue weighted by Gasteiger charge is -2.40. The van der Waals surface area contributed by atoms with E-state index >= 15 is 0 Å². The van der Waals surface area contributed by atoms with E-state index in [0.29, 0.717) is 47.5 Å². The molecule has 1 aliphatic heterocycles. The summed E-state index contributed by atoms with van der Waals surface area (Å²) in [5, 5.41) is 4.36. The molecular formula is C29H35ClN8O4. The van der Waals surface area contributed by atoms with Crippen LogP contribution in [0.1, 0.15) is 39.5 Å². The summed E-state index contributed by atoms with van der Waals surface area (Å²) in [5.41, 5.74) is 3.38. The highest BCUT2D eigenvalue weighted by atomic mass is 35.5. The number of ether oxygens (including phenoxy) is 1. The van der Waals surface area contributed by atoms with Gasteiger partial charge in [0.25, 0.3) is 0 Å². The number of rotatable bonds is 7. The molecular weight excluding hydrogens is 560 g/mol. The van der Waals surface area contributed by atoms with E-state index in [0.717, 1.165) is 42.3 Å². The van der Waals surface area contributed by atoms with Crippen LogP contribution in [0.15, 0.2) is 33.8 Å². The summed E-state index contributed by atoms with van der Waals surface area (Å²) in [6.07, 6.45) is 8.01. The van der Waals surface area contributed by atoms with Crippen LogP contribution < -0.4 is 10.7 Å². The lowest BCUT2D eigenvalue weighted by Crippen LogP contribution is -2.55. The SMILES string of the molecule is COCC(=O)N1CCN(c2nc3cc(-c4noc(=O)[nH]4)nc(-c4cncc(Cl)c4)c3n2CC2CCC(C)CC2)C(C)C1. The van der Waals surface area contributed by atoms with Crippen LogP contribution in [-0.4, -0.2) is 79.9 Å². The molecule has 1 atom stereocenters. The normalized spacial score (nSPS) is 21.3. The third kappa shape index (κ3) is 5.65. The van der Waals surface area contributed by atoms with Crippen LogP contribution >= 0.6 is 11.6 Å². The maximum absolute atomic E-state index is 12.6. The van der Waals surface area contributed by atoms with E-state index in [1.165, 1.54) is 20.0 Å². The first kappa shape index (κ1) is 28.4. The molecule has 4 aromatic heterocycles. The van der Waals surface area contributed by atoms with E-state index in [4.69, 9.17) is 30.8 Å². The molecule has 1 saturated heterocycles. The summed E-state index contributed by atoms with van der Waals surface area (Å²) >= 11 is 6.39. The van der Waals surface area contributed by atoms with Gasteiger partial charge in [-0.05, 0) is 43.7 Å². The van der Waals surface area contributed by atoms with Gasteiger partial charge in [0.15, 0.2) is 0 Å². The Balaban J connectivity index is 1.50. The molecule has 1 unspecified atom stereocenters. The Bertz CT molecular complexity index is 1640. The maximum atomic E-state index is 12.6. The van der Waals surface area contributed by atoms with Crippen LogP contribution in [0.25, 0.3) is 33.8 Å². The first-order valence-electron chi connectivity index (χ1n) is 14.4. The first-order chi connectivity index (χ1) is 20.3. The molecule has 5 heterocycles. The van der Waals surface area contributed by atoms with E-state index in [-0.39, 0.29) is 24.4 Å². The molecule has 1 amide bonds. The molecule has 1 saturated carbocycles. The number of hydrogen-bond donors (Lipinski definition) is 1. The zero-order valence-electron chi connectivity index (χ0n) is 24.0. The Morgan fingerprint density at radius 2 is 1.95 bits per heavy atom. The Labute approximate surface area is 248 Å². The zero-order chi connectivity index (χ0) is 29.4. The number of hydrogen-bond acceptors (Lipinski definition) is 9. The number of nitrogens with zero attached hydrogens (tertiary/aromatic N) is 7. The molecule has 0 bridgehead atoms. The van der Waals surface area contributed by atoms with E-state index in [1.807, 2.05) is 17.0 Å². The van der Waals surface area contributed by atoms with Crippen LogP contribution in [0, 0.1) is 11.8 Å². The molecule has 4 aromatic rings. The minimum Gasteiger partial charge on any atom is -0.375 e. The van der Waals surface area contributed by atoms with Crippen molar-refractivity contribution >= 4 is 34.5 Å². The number of nitrogens with one attached hydrogen (secondary N) is 1. The predicted molar refractivity (Wildman–Crippen MR) is 158 cm³/mol. The molecule has 222 valence electrons. The monoisotopic (exact) mass is 594 g/mol. The maximum Gasteiger partial charge on any atom is 0.439 e. The van der Waals surface area contributed by atoms with Crippen molar-refractivity contribution in [2.75, 3.05) is 38.3 Å². The van der Waals surface area contributed by atoms with Gasteiger partial charge in [0.05, 0.1) is 21.7 Å². The summed E-state index contributed by atoms with van der Waals surface area (Å²) in [4.78, 5) is 45.6. The smallest absolute Gasteiger partial charge is 0.375 e. The number of piperazine rings is 1. The highest BCUT2D eigenvalue weighted by Gasteiger charge is 2.32. The van der Waals surface area contributed by atoms with Crippen LogP contribution in [0.2, 0.25) is 5.02 Å². The Morgan fingerprint density at radius 1 is 1.14 bits per heavy atom. The van der Waals surface area contributed by atoms with Crippen molar-refractivity contribution in [3.05, 3.63) is 40.1 Å². The number of pyridine rings is 2. The van der Waals surface area contributed by atoms with Crippen LogP contribution in [0.4, 0.5) is 5.95 Å². The number of amides is 1.